The first-order chi connectivity index (χ1) is 15.4. The number of hydrogen-bond acceptors (Lipinski definition) is 6. The minimum Gasteiger partial charge on any atom is -0.496 e. The lowest BCUT2D eigenvalue weighted by molar-refractivity contribution is 0.370. The van der Waals surface area contributed by atoms with E-state index in [4.69, 9.17) is 32.0 Å². The van der Waals surface area contributed by atoms with E-state index in [1.165, 1.54) is 11.8 Å². The van der Waals surface area contributed by atoms with Crippen LogP contribution in [0, 0.1) is 6.92 Å². The van der Waals surface area contributed by atoms with Gasteiger partial charge in [0, 0.05) is 35.3 Å². The number of nitrogens with two attached hydrogens (primary N) is 1. The number of methoxy groups -OCH3 is 1. The minimum atomic E-state index is 0.147. The number of hydrogen-bond donors (Lipinski definition) is 2. The van der Waals surface area contributed by atoms with Gasteiger partial charge in [0.15, 0.2) is 5.16 Å². The molecule has 6 nitrogen and oxygen atoms in total. The number of benzene rings is 1. The molecule has 1 aliphatic rings. The van der Waals surface area contributed by atoms with E-state index in [0.29, 0.717) is 10.2 Å². The monoisotopic (exact) mass is 469 g/mol. The van der Waals surface area contributed by atoms with Crippen LogP contribution in [0.2, 0.25) is 5.02 Å². The van der Waals surface area contributed by atoms with Crippen LogP contribution in [0.25, 0.3) is 16.8 Å². The number of aromatic nitrogens is 3. The Morgan fingerprint density at radius 3 is 2.88 bits per heavy atom. The van der Waals surface area contributed by atoms with Crippen molar-refractivity contribution in [2.45, 2.75) is 42.8 Å². The maximum Gasteiger partial charge on any atom is 0.196 e. The molecule has 0 aliphatic carbocycles. The van der Waals surface area contributed by atoms with Crippen LogP contribution in [0.5, 0.6) is 0 Å². The van der Waals surface area contributed by atoms with Gasteiger partial charge in [0.05, 0.1) is 17.5 Å². The third kappa shape index (κ3) is 4.37. The zero-order valence-electron chi connectivity index (χ0n) is 18.6. The van der Waals surface area contributed by atoms with Gasteiger partial charge in [-0.3, -0.25) is 0 Å². The lowest BCUT2D eigenvalue weighted by Crippen LogP contribution is -2.27. The second-order valence-electron chi connectivity index (χ2n) is 7.87. The third-order valence-electron chi connectivity index (χ3n) is 5.66. The van der Waals surface area contributed by atoms with Crippen LogP contribution >= 0.6 is 23.4 Å². The molecule has 32 heavy (non-hydrogen) atoms. The molecule has 168 valence electrons. The molecule has 1 atom stereocenters. The molecule has 1 aliphatic heterocycles. The fraction of sp³-hybridized carbons (Fsp3) is 0.333. The minimum absolute atomic E-state index is 0.147. The van der Waals surface area contributed by atoms with Crippen molar-refractivity contribution in [2.24, 2.45) is 5.73 Å². The molecule has 0 bridgehead atoms. The van der Waals surface area contributed by atoms with Crippen LogP contribution < -0.4 is 10.6 Å². The van der Waals surface area contributed by atoms with Gasteiger partial charge in [0.1, 0.15) is 17.2 Å². The van der Waals surface area contributed by atoms with Gasteiger partial charge in [-0.2, -0.15) is 0 Å². The zero-order valence-corrected chi connectivity index (χ0v) is 20.2. The van der Waals surface area contributed by atoms with Gasteiger partial charge < -0.3 is 20.4 Å². The van der Waals surface area contributed by atoms with Crippen LogP contribution in [0.1, 0.15) is 30.2 Å². The van der Waals surface area contributed by atoms with Crippen molar-refractivity contribution in [2.75, 3.05) is 25.1 Å². The van der Waals surface area contributed by atoms with E-state index in [2.05, 4.69) is 48.5 Å². The fourth-order valence-corrected chi connectivity index (χ4v) is 5.23. The van der Waals surface area contributed by atoms with Crippen molar-refractivity contribution < 1.29 is 4.74 Å². The Morgan fingerprint density at radius 1 is 1.44 bits per heavy atom. The Kier molecular flexibility index (Phi) is 6.79. The third-order valence-corrected chi connectivity index (χ3v) is 6.93. The average molecular weight is 470 g/mol. The highest BCUT2D eigenvalue weighted by Crippen LogP contribution is 2.38. The first kappa shape index (κ1) is 22.7. The fourth-order valence-electron chi connectivity index (χ4n) is 4.02. The highest BCUT2D eigenvalue weighted by Gasteiger charge is 2.26. The lowest BCUT2D eigenvalue weighted by atomic mass is 10.1. The summed E-state index contributed by atoms with van der Waals surface area (Å²) in [4.78, 5) is 16.4. The molecule has 8 heteroatoms. The van der Waals surface area contributed by atoms with E-state index in [-0.39, 0.29) is 6.04 Å². The molecule has 3 aromatic rings. The summed E-state index contributed by atoms with van der Waals surface area (Å²) in [7, 11) is 1.67. The van der Waals surface area contributed by atoms with E-state index in [0.717, 1.165) is 70.3 Å². The largest absolute Gasteiger partial charge is 0.496 e. The zero-order chi connectivity index (χ0) is 22.8. The maximum atomic E-state index is 6.70. The number of halogens is 1. The number of fused-ring (bicyclic) bond motifs is 1. The van der Waals surface area contributed by atoms with Crippen LogP contribution in [0.15, 0.2) is 47.0 Å². The van der Waals surface area contributed by atoms with Crippen molar-refractivity contribution in [3.8, 4) is 0 Å². The number of H-pyrrole nitrogens is 1. The number of allylic oxidation sites excluding steroid dienone is 2. The van der Waals surface area contributed by atoms with E-state index >= 15 is 0 Å². The highest BCUT2D eigenvalue weighted by molar-refractivity contribution is 7.99. The average Bonchev–Trinajstić information content (AvgIpc) is 3.35. The SMILES string of the molecule is C=C/C=C(/OC)c1ccc(Sc2nc(N3CC[C@@H](N)C3)c3c(Cl)c(CC)[nH]c3n2)cc1C. The normalized spacial score (nSPS) is 16.7. The van der Waals surface area contributed by atoms with Crippen molar-refractivity contribution >= 4 is 46.0 Å². The Morgan fingerprint density at radius 2 is 2.25 bits per heavy atom. The Balaban J connectivity index is 1.73. The van der Waals surface area contributed by atoms with Crippen molar-refractivity contribution in [3.63, 3.8) is 0 Å². The molecular formula is C24H28ClN5OS. The van der Waals surface area contributed by atoms with E-state index in [9.17, 15) is 0 Å². The molecule has 4 rings (SSSR count). The molecule has 3 N–H and O–H groups in total. The number of aromatic amines is 1. The van der Waals surface area contributed by atoms with Gasteiger partial charge >= 0.3 is 0 Å². The summed E-state index contributed by atoms with van der Waals surface area (Å²) in [6.45, 7) is 9.53. The van der Waals surface area contributed by atoms with Gasteiger partial charge in [-0.05, 0) is 61.4 Å². The van der Waals surface area contributed by atoms with Crippen LogP contribution in [0.4, 0.5) is 5.82 Å². The summed E-state index contributed by atoms with van der Waals surface area (Å²) in [6, 6.07) is 6.37. The number of ether oxygens (including phenoxy) is 1. The summed E-state index contributed by atoms with van der Waals surface area (Å²) >= 11 is 8.23. The second-order valence-corrected chi connectivity index (χ2v) is 9.29. The van der Waals surface area contributed by atoms with Crippen molar-refractivity contribution in [1.29, 1.82) is 0 Å². The van der Waals surface area contributed by atoms with Gasteiger partial charge in [-0.15, -0.1) is 0 Å². The van der Waals surface area contributed by atoms with Gasteiger partial charge in [-0.1, -0.05) is 31.2 Å². The predicted octanol–water partition coefficient (Wildman–Crippen LogP) is 5.34. The second kappa shape index (κ2) is 9.57. The quantitative estimate of drug-likeness (QED) is 0.276. The van der Waals surface area contributed by atoms with E-state index in [1.54, 1.807) is 13.2 Å². The maximum absolute atomic E-state index is 6.70. The summed E-state index contributed by atoms with van der Waals surface area (Å²) < 4.78 is 5.50. The molecule has 1 aromatic carbocycles. The summed E-state index contributed by atoms with van der Waals surface area (Å²) in [5, 5.41) is 2.26. The molecule has 0 unspecified atom stereocenters. The molecule has 1 saturated heterocycles. The number of nitrogens with one attached hydrogen (secondary N) is 1. The summed E-state index contributed by atoms with van der Waals surface area (Å²) in [5.41, 5.74) is 10.1. The van der Waals surface area contributed by atoms with Crippen LogP contribution in [-0.2, 0) is 11.2 Å². The van der Waals surface area contributed by atoms with Crippen molar-refractivity contribution in [1.82, 2.24) is 15.0 Å². The number of nitrogens with zero attached hydrogens (tertiary/aromatic N) is 3. The first-order valence-electron chi connectivity index (χ1n) is 10.7. The molecule has 3 heterocycles. The number of aryl methyl sites for hydroxylation is 2. The predicted molar refractivity (Wildman–Crippen MR) is 134 cm³/mol. The van der Waals surface area contributed by atoms with E-state index in [1.807, 2.05) is 6.08 Å². The van der Waals surface area contributed by atoms with Gasteiger partial charge in [0.2, 0.25) is 0 Å². The van der Waals surface area contributed by atoms with Gasteiger partial charge in [-0.25, -0.2) is 9.97 Å². The van der Waals surface area contributed by atoms with Crippen molar-refractivity contribution in [3.05, 3.63) is 58.8 Å². The Bertz CT molecular complexity index is 1190. The van der Waals surface area contributed by atoms with Gasteiger partial charge in [0.25, 0.3) is 0 Å². The molecular weight excluding hydrogens is 442 g/mol. The molecule has 1 fully saturated rings. The Hall–Kier alpha value is -2.48. The highest BCUT2D eigenvalue weighted by atomic mass is 35.5. The Labute approximate surface area is 197 Å². The molecule has 0 radical (unpaired) electrons. The first-order valence-corrected chi connectivity index (χ1v) is 11.9. The van der Waals surface area contributed by atoms with Crippen LogP contribution in [-0.4, -0.2) is 41.2 Å². The topological polar surface area (TPSA) is 80.1 Å². The number of rotatable bonds is 7. The van der Waals surface area contributed by atoms with E-state index < -0.39 is 0 Å². The molecule has 0 spiro atoms. The standard InChI is InChI=1S/C24H28ClN5OS/c1-5-7-19(31-4)17-9-8-16(12-14(17)3)32-24-28-22-20(21(25)18(6-2)27-22)23(29-24)30-11-10-15(26)13-30/h5,7-9,12,15H,1,6,10-11,13,26H2,2-4H3,(H,27,28,29)/b19-7+/t15-/m1/s1. The summed E-state index contributed by atoms with van der Waals surface area (Å²) in [5.74, 6) is 1.64. The lowest BCUT2D eigenvalue weighted by Gasteiger charge is -2.18. The molecule has 2 aromatic heterocycles. The molecule has 0 saturated carbocycles. The smallest absolute Gasteiger partial charge is 0.196 e. The summed E-state index contributed by atoms with van der Waals surface area (Å²) in [6.07, 6.45) is 5.33. The molecule has 0 amide bonds. The van der Waals surface area contributed by atoms with Crippen LogP contribution in [0.3, 0.4) is 0 Å². The number of anilines is 1.